The molecule has 4 aromatic carbocycles. The van der Waals surface area contributed by atoms with Crippen molar-refractivity contribution in [2.45, 2.75) is 49.6 Å². The van der Waals surface area contributed by atoms with Gasteiger partial charge in [0.25, 0.3) is 10.0 Å². The summed E-state index contributed by atoms with van der Waals surface area (Å²) in [5.74, 6) is -0.297. The topological polar surface area (TPSA) is 96.0 Å². The van der Waals surface area contributed by atoms with E-state index < -0.39 is 28.5 Å². The van der Waals surface area contributed by atoms with Crippen molar-refractivity contribution in [1.82, 2.24) is 10.2 Å². The van der Waals surface area contributed by atoms with E-state index in [1.807, 2.05) is 87.7 Å². The molecular weight excluding hydrogens is 631 g/mol. The molecule has 1 atom stereocenters. The van der Waals surface area contributed by atoms with Gasteiger partial charge < -0.3 is 15.0 Å². The largest absolute Gasteiger partial charge is 0.492 e. The third-order valence-electron chi connectivity index (χ3n) is 7.51. The first-order chi connectivity index (χ1) is 22.6. The smallest absolute Gasteiger partial charge is 0.264 e. The van der Waals surface area contributed by atoms with E-state index in [-0.39, 0.29) is 35.4 Å². The van der Waals surface area contributed by atoms with Crippen LogP contribution in [0.3, 0.4) is 0 Å². The molecule has 0 saturated carbocycles. The highest BCUT2D eigenvalue weighted by Gasteiger charge is 2.35. The number of hydrogen-bond donors (Lipinski definition) is 1. The van der Waals surface area contributed by atoms with Crippen LogP contribution in [0, 0.1) is 5.92 Å². The van der Waals surface area contributed by atoms with E-state index in [4.69, 9.17) is 4.74 Å². The fourth-order valence-corrected chi connectivity index (χ4v) is 6.92. The number of hydrogen-bond acceptors (Lipinski definition) is 6. The summed E-state index contributed by atoms with van der Waals surface area (Å²) in [4.78, 5) is 31.0. The van der Waals surface area contributed by atoms with Gasteiger partial charge in [0.15, 0.2) is 0 Å². The molecule has 4 aromatic rings. The van der Waals surface area contributed by atoms with Crippen LogP contribution in [0.1, 0.15) is 31.9 Å². The Kier molecular flexibility index (Phi) is 12.9. The number of anilines is 1. The molecule has 1 unspecified atom stereocenters. The monoisotopic (exact) mass is 673 g/mol. The van der Waals surface area contributed by atoms with Gasteiger partial charge in [-0.25, -0.2) is 8.42 Å². The van der Waals surface area contributed by atoms with E-state index in [2.05, 4.69) is 5.32 Å². The third kappa shape index (κ3) is 9.62. The predicted octanol–water partition coefficient (Wildman–Crippen LogP) is 6.41. The van der Waals surface area contributed by atoms with E-state index >= 15 is 0 Å². The lowest BCUT2D eigenvalue weighted by atomic mass is 10.0. The lowest BCUT2D eigenvalue weighted by molar-refractivity contribution is -0.140. The van der Waals surface area contributed by atoms with Crippen LogP contribution in [0.5, 0.6) is 5.75 Å². The van der Waals surface area contributed by atoms with Gasteiger partial charge in [0.05, 0.1) is 17.2 Å². The molecule has 0 saturated heterocycles. The Hall–Kier alpha value is -4.28. The summed E-state index contributed by atoms with van der Waals surface area (Å²) in [5.41, 5.74) is 1.93. The molecule has 0 fully saturated rings. The van der Waals surface area contributed by atoms with Crippen molar-refractivity contribution < 1.29 is 22.7 Å². The van der Waals surface area contributed by atoms with Crippen molar-refractivity contribution in [2.24, 2.45) is 5.92 Å². The second-order valence-electron chi connectivity index (χ2n) is 11.4. The number of rotatable bonds is 16. The molecule has 10 heteroatoms. The molecule has 2 amide bonds. The highest BCUT2D eigenvalue weighted by Crippen LogP contribution is 2.33. The zero-order valence-electron chi connectivity index (χ0n) is 27.3. The van der Waals surface area contributed by atoms with E-state index in [0.29, 0.717) is 18.9 Å². The van der Waals surface area contributed by atoms with Crippen molar-refractivity contribution in [3.63, 3.8) is 0 Å². The van der Waals surface area contributed by atoms with Crippen LogP contribution < -0.4 is 14.4 Å². The SMILES string of the molecule is CCOc1ccccc1N(CC(=O)N(Cc1ccccc1)C(Cc1ccccc1)C(=O)NCC(C)C)S(=O)(=O)c1ccc(SC)cc1. The summed E-state index contributed by atoms with van der Waals surface area (Å²) < 4.78 is 35.7. The highest BCUT2D eigenvalue weighted by molar-refractivity contribution is 7.98. The Bertz CT molecular complexity index is 1700. The maximum absolute atomic E-state index is 14.6. The lowest BCUT2D eigenvalue weighted by Crippen LogP contribution is -2.53. The fraction of sp³-hybridized carbons (Fsp3) is 0.297. The molecule has 8 nitrogen and oxygen atoms in total. The van der Waals surface area contributed by atoms with Gasteiger partial charge in [-0.2, -0.15) is 0 Å². The molecule has 0 bridgehead atoms. The number of carbonyl (C=O) groups is 2. The third-order valence-corrected chi connectivity index (χ3v) is 10.0. The van der Waals surface area contributed by atoms with Crippen molar-refractivity contribution >= 4 is 39.3 Å². The minimum Gasteiger partial charge on any atom is -0.492 e. The second-order valence-corrected chi connectivity index (χ2v) is 14.2. The van der Waals surface area contributed by atoms with Gasteiger partial charge in [0.2, 0.25) is 11.8 Å². The van der Waals surface area contributed by atoms with Gasteiger partial charge in [0, 0.05) is 24.4 Å². The number of nitrogens with one attached hydrogen (secondary N) is 1. The Morgan fingerprint density at radius 1 is 0.830 bits per heavy atom. The van der Waals surface area contributed by atoms with Crippen LogP contribution >= 0.6 is 11.8 Å². The van der Waals surface area contributed by atoms with E-state index in [1.165, 1.54) is 16.7 Å². The average molecular weight is 674 g/mol. The zero-order valence-corrected chi connectivity index (χ0v) is 29.0. The Balaban J connectivity index is 1.82. The minimum absolute atomic E-state index is 0.0412. The van der Waals surface area contributed by atoms with Gasteiger partial charge in [-0.15, -0.1) is 11.8 Å². The number of carbonyl (C=O) groups excluding carboxylic acids is 2. The summed E-state index contributed by atoms with van der Waals surface area (Å²) in [5, 5.41) is 3.01. The molecule has 47 heavy (non-hydrogen) atoms. The number of ether oxygens (including phenoxy) is 1. The molecule has 0 aliphatic rings. The summed E-state index contributed by atoms with van der Waals surface area (Å²) >= 11 is 1.50. The standard InChI is InChI=1S/C37H43N3O5S2/c1-5-45-35-19-13-12-18-33(35)40(47(43,44)32-22-20-31(46-4)21-23-32)27-36(41)39(26-30-16-10-7-11-17-30)34(37(42)38-25-28(2)3)24-29-14-8-6-9-15-29/h6-23,28,34H,5,24-27H2,1-4H3,(H,38,42). The molecule has 0 aliphatic carbocycles. The van der Waals surface area contributed by atoms with Crippen molar-refractivity contribution in [1.29, 1.82) is 0 Å². The quantitative estimate of drug-likeness (QED) is 0.138. The zero-order chi connectivity index (χ0) is 33.8. The molecule has 0 heterocycles. The predicted molar refractivity (Wildman–Crippen MR) is 189 cm³/mol. The first-order valence-electron chi connectivity index (χ1n) is 15.7. The number of para-hydroxylation sites is 2. The number of nitrogens with zero attached hydrogens (tertiary/aromatic N) is 2. The first kappa shape index (κ1) is 35.6. The molecule has 248 valence electrons. The molecular formula is C37H43N3O5S2. The van der Waals surface area contributed by atoms with Gasteiger partial charge in [-0.3, -0.25) is 13.9 Å². The summed E-state index contributed by atoms with van der Waals surface area (Å²) in [7, 11) is -4.25. The normalized spacial score (nSPS) is 11.9. The molecule has 4 rings (SSSR count). The highest BCUT2D eigenvalue weighted by atomic mass is 32.2. The molecule has 1 N–H and O–H groups in total. The lowest BCUT2D eigenvalue weighted by Gasteiger charge is -2.34. The maximum atomic E-state index is 14.6. The average Bonchev–Trinajstić information content (AvgIpc) is 3.09. The molecule has 0 aromatic heterocycles. The fourth-order valence-electron chi connectivity index (χ4n) is 5.09. The Morgan fingerprint density at radius 3 is 2.02 bits per heavy atom. The number of thioether (sulfide) groups is 1. The van der Waals surface area contributed by atoms with Gasteiger partial charge in [-0.1, -0.05) is 86.6 Å². The van der Waals surface area contributed by atoms with Crippen LogP contribution in [0.15, 0.2) is 119 Å². The first-order valence-corrected chi connectivity index (χ1v) is 18.3. The molecule has 0 spiro atoms. The Labute approximate surface area is 283 Å². The van der Waals surface area contributed by atoms with Gasteiger partial charge in [0.1, 0.15) is 18.3 Å². The van der Waals surface area contributed by atoms with Crippen LogP contribution in [-0.4, -0.2) is 57.1 Å². The van der Waals surface area contributed by atoms with Crippen LogP contribution in [0.2, 0.25) is 0 Å². The summed E-state index contributed by atoms with van der Waals surface area (Å²) in [6, 6.07) is 31.3. The van der Waals surface area contributed by atoms with Crippen molar-refractivity contribution in [2.75, 3.05) is 30.3 Å². The summed E-state index contributed by atoms with van der Waals surface area (Å²) in [6.07, 6.45) is 2.17. The van der Waals surface area contributed by atoms with Gasteiger partial charge >= 0.3 is 0 Å². The van der Waals surface area contributed by atoms with Crippen LogP contribution in [0.25, 0.3) is 0 Å². The van der Waals surface area contributed by atoms with E-state index in [9.17, 15) is 18.0 Å². The van der Waals surface area contributed by atoms with E-state index in [0.717, 1.165) is 20.3 Å². The van der Waals surface area contributed by atoms with Crippen molar-refractivity contribution in [3.8, 4) is 5.75 Å². The molecule has 0 aliphatic heterocycles. The van der Waals surface area contributed by atoms with Crippen LogP contribution in [0.4, 0.5) is 5.69 Å². The Morgan fingerprint density at radius 2 is 1.43 bits per heavy atom. The summed E-state index contributed by atoms with van der Waals surface area (Å²) in [6.45, 7) is 6.12. The van der Waals surface area contributed by atoms with Gasteiger partial charge in [-0.05, 0) is 66.6 Å². The maximum Gasteiger partial charge on any atom is 0.264 e. The minimum atomic E-state index is -4.25. The van der Waals surface area contributed by atoms with Crippen molar-refractivity contribution in [3.05, 3.63) is 120 Å². The number of sulfonamides is 1. The van der Waals surface area contributed by atoms with E-state index in [1.54, 1.807) is 48.5 Å². The molecule has 0 radical (unpaired) electrons. The number of amides is 2. The second kappa shape index (κ2) is 17.0. The number of benzene rings is 4. The van der Waals surface area contributed by atoms with Crippen LogP contribution in [-0.2, 0) is 32.6 Å².